The summed E-state index contributed by atoms with van der Waals surface area (Å²) in [5, 5.41) is 6.18. The van der Waals surface area contributed by atoms with Gasteiger partial charge < -0.3 is 10.6 Å². The molecule has 1 amide bonds. The van der Waals surface area contributed by atoms with E-state index >= 15 is 0 Å². The summed E-state index contributed by atoms with van der Waals surface area (Å²) in [5.41, 5.74) is 2.30. The molecule has 21 heavy (non-hydrogen) atoms. The number of halogens is 1. The third kappa shape index (κ3) is 4.67. The van der Waals surface area contributed by atoms with Crippen LogP contribution in [-0.2, 0) is 4.79 Å². The normalized spacial score (nSPS) is 11.4. The van der Waals surface area contributed by atoms with Gasteiger partial charge in [0.2, 0.25) is 5.91 Å². The van der Waals surface area contributed by atoms with Crippen molar-refractivity contribution in [2.75, 3.05) is 11.9 Å². The second kappa shape index (κ2) is 6.39. The second-order valence-corrected chi connectivity index (χ2v) is 6.77. The Hall–Kier alpha value is -1.69. The molecule has 0 fully saturated rings. The zero-order valence-electron chi connectivity index (χ0n) is 12.4. The molecule has 0 saturated carbocycles. The minimum atomic E-state index is -0.200. The highest BCUT2D eigenvalue weighted by Gasteiger charge is 2.13. The fourth-order valence-corrected chi connectivity index (χ4v) is 2.26. The van der Waals surface area contributed by atoms with E-state index in [0.717, 1.165) is 21.2 Å². The number of anilines is 1. The van der Waals surface area contributed by atoms with E-state index in [9.17, 15) is 4.79 Å². The number of hydrogen-bond donors (Lipinski definition) is 2. The highest BCUT2D eigenvalue weighted by Crippen LogP contribution is 2.21. The monoisotopic (exact) mass is 350 g/mol. The van der Waals surface area contributed by atoms with Gasteiger partial charge in [0.25, 0.3) is 0 Å². The lowest BCUT2D eigenvalue weighted by Crippen LogP contribution is -2.41. The molecule has 0 aliphatic carbocycles. The molecule has 5 nitrogen and oxygen atoms in total. The van der Waals surface area contributed by atoms with Gasteiger partial charge in [0, 0.05) is 35.4 Å². The molecule has 6 heteroatoms. The van der Waals surface area contributed by atoms with Crippen LogP contribution in [0.2, 0.25) is 0 Å². The summed E-state index contributed by atoms with van der Waals surface area (Å²) >= 11 is 3.38. The minimum absolute atomic E-state index is 0.0315. The van der Waals surface area contributed by atoms with Crippen molar-refractivity contribution in [3.63, 3.8) is 0 Å². The van der Waals surface area contributed by atoms with Crippen molar-refractivity contribution in [2.24, 2.45) is 0 Å². The predicted molar refractivity (Wildman–Crippen MR) is 88.2 cm³/mol. The van der Waals surface area contributed by atoms with Gasteiger partial charge in [0.05, 0.1) is 11.2 Å². The molecule has 0 aliphatic heterocycles. The predicted octanol–water partition coefficient (Wildman–Crippen LogP) is 3.11. The summed E-state index contributed by atoms with van der Waals surface area (Å²) in [5.74, 6) is 0.0315. The van der Waals surface area contributed by atoms with Crippen molar-refractivity contribution in [3.05, 3.63) is 29.0 Å². The van der Waals surface area contributed by atoms with Gasteiger partial charge in [-0.1, -0.05) is 0 Å². The number of nitrogens with one attached hydrogen (secondary N) is 2. The molecule has 2 aromatic rings. The van der Waals surface area contributed by atoms with Gasteiger partial charge in [0.15, 0.2) is 0 Å². The molecular weight excluding hydrogens is 332 g/mol. The van der Waals surface area contributed by atoms with Crippen LogP contribution in [0, 0.1) is 0 Å². The SMILES string of the molecule is CC(C)(C)NC(=O)CCNc1ccnc2cc(Br)cnc12. The quantitative estimate of drug-likeness (QED) is 0.888. The molecule has 2 N–H and O–H groups in total. The minimum Gasteiger partial charge on any atom is -0.383 e. The van der Waals surface area contributed by atoms with Crippen LogP contribution in [-0.4, -0.2) is 28.0 Å². The fraction of sp³-hybridized carbons (Fsp3) is 0.400. The van der Waals surface area contributed by atoms with E-state index < -0.39 is 0 Å². The Morgan fingerprint density at radius 1 is 1.33 bits per heavy atom. The van der Waals surface area contributed by atoms with Crippen LogP contribution in [0.5, 0.6) is 0 Å². The molecule has 0 aromatic carbocycles. The standard InChI is InChI=1S/C15H19BrN4O/c1-15(2,3)20-13(21)5-7-17-11-4-6-18-12-8-10(16)9-19-14(11)12/h4,6,8-9H,5,7H2,1-3H3,(H,17,18)(H,20,21). The summed E-state index contributed by atoms with van der Waals surface area (Å²) < 4.78 is 0.893. The fourth-order valence-electron chi connectivity index (χ4n) is 1.94. The number of amides is 1. The van der Waals surface area contributed by atoms with Crippen LogP contribution >= 0.6 is 15.9 Å². The van der Waals surface area contributed by atoms with Gasteiger partial charge >= 0.3 is 0 Å². The van der Waals surface area contributed by atoms with Crippen molar-refractivity contribution in [1.29, 1.82) is 0 Å². The lowest BCUT2D eigenvalue weighted by atomic mass is 10.1. The molecule has 2 heterocycles. The maximum atomic E-state index is 11.8. The van der Waals surface area contributed by atoms with Crippen molar-refractivity contribution in [1.82, 2.24) is 15.3 Å². The zero-order valence-corrected chi connectivity index (χ0v) is 14.0. The van der Waals surface area contributed by atoms with E-state index in [2.05, 4.69) is 36.5 Å². The third-order valence-electron chi connectivity index (χ3n) is 2.73. The molecule has 0 spiro atoms. The molecule has 0 saturated heterocycles. The number of nitrogens with zero attached hydrogens (tertiary/aromatic N) is 2. The third-order valence-corrected chi connectivity index (χ3v) is 3.16. The molecular formula is C15H19BrN4O. The Morgan fingerprint density at radius 2 is 2.10 bits per heavy atom. The van der Waals surface area contributed by atoms with Gasteiger partial charge in [0.1, 0.15) is 5.52 Å². The second-order valence-electron chi connectivity index (χ2n) is 5.85. The number of rotatable bonds is 4. The Bertz CT molecular complexity index is 652. The molecule has 0 atom stereocenters. The Morgan fingerprint density at radius 3 is 2.81 bits per heavy atom. The maximum absolute atomic E-state index is 11.8. The van der Waals surface area contributed by atoms with E-state index in [0.29, 0.717) is 13.0 Å². The highest BCUT2D eigenvalue weighted by atomic mass is 79.9. The number of pyridine rings is 2. The first-order valence-corrected chi connectivity index (χ1v) is 7.59. The summed E-state index contributed by atoms with van der Waals surface area (Å²) in [7, 11) is 0. The van der Waals surface area contributed by atoms with E-state index in [1.54, 1.807) is 12.4 Å². The number of hydrogen-bond acceptors (Lipinski definition) is 4. The van der Waals surface area contributed by atoms with Crippen LogP contribution in [0.15, 0.2) is 29.0 Å². The van der Waals surface area contributed by atoms with Crippen molar-refractivity contribution >= 4 is 38.6 Å². The van der Waals surface area contributed by atoms with Crippen LogP contribution < -0.4 is 10.6 Å². The summed E-state index contributed by atoms with van der Waals surface area (Å²) in [4.78, 5) is 20.4. The summed E-state index contributed by atoms with van der Waals surface area (Å²) in [6.45, 7) is 6.46. The Labute approximate surface area is 132 Å². The lowest BCUT2D eigenvalue weighted by Gasteiger charge is -2.20. The molecule has 2 rings (SSSR count). The molecule has 0 aliphatic rings. The van der Waals surface area contributed by atoms with E-state index in [-0.39, 0.29) is 11.4 Å². The number of fused-ring (bicyclic) bond motifs is 1. The van der Waals surface area contributed by atoms with Crippen molar-refractivity contribution in [3.8, 4) is 0 Å². The smallest absolute Gasteiger partial charge is 0.222 e. The molecule has 0 bridgehead atoms. The zero-order chi connectivity index (χ0) is 15.5. The first-order valence-electron chi connectivity index (χ1n) is 6.80. The van der Waals surface area contributed by atoms with E-state index in [1.807, 2.05) is 32.9 Å². The maximum Gasteiger partial charge on any atom is 0.222 e. The first-order chi connectivity index (χ1) is 9.85. The molecule has 112 valence electrons. The van der Waals surface area contributed by atoms with Gasteiger partial charge in [-0.3, -0.25) is 14.8 Å². The largest absolute Gasteiger partial charge is 0.383 e. The van der Waals surface area contributed by atoms with Crippen molar-refractivity contribution in [2.45, 2.75) is 32.7 Å². The van der Waals surface area contributed by atoms with E-state index in [1.165, 1.54) is 0 Å². The van der Waals surface area contributed by atoms with Crippen LogP contribution in [0.25, 0.3) is 11.0 Å². The number of aromatic nitrogens is 2. The van der Waals surface area contributed by atoms with Gasteiger partial charge in [-0.25, -0.2) is 0 Å². The average Bonchev–Trinajstić information content (AvgIpc) is 2.36. The lowest BCUT2D eigenvalue weighted by molar-refractivity contribution is -0.122. The average molecular weight is 351 g/mol. The van der Waals surface area contributed by atoms with Gasteiger partial charge in [-0.2, -0.15) is 0 Å². The Kier molecular flexibility index (Phi) is 4.77. The van der Waals surface area contributed by atoms with Crippen LogP contribution in [0.4, 0.5) is 5.69 Å². The first kappa shape index (κ1) is 15.7. The summed E-state index contributed by atoms with van der Waals surface area (Å²) in [6, 6.07) is 3.78. The van der Waals surface area contributed by atoms with Gasteiger partial charge in [-0.05, 0) is 48.8 Å². The molecule has 0 radical (unpaired) electrons. The van der Waals surface area contributed by atoms with E-state index in [4.69, 9.17) is 0 Å². The van der Waals surface area contributed by atoms with Crippen LogP contribution in [0.3, 0.4) is 0 Å². The topological polar surface area (TPSA) is 66.9 Å². The molecule has 0 unspecified atom stereocenters. The summed E-state index contributed by atoms with van der Waals surface area (Å²) in [6.07, 6.45) is 3.88. The Balaban J connectivity index is 1.99. The van der Waals surface area contributed by atoms with Crippen LogP contribution in [0.1, 0.15) is 27.2 Å². The molecule has 2 aromatic heterocycles. The highest BCUT2D eigenvalue weighted by molar-refractivity contribution is 9.10. The number of carbonyl (C=O) groups excluding carboxylic acids is 1. The number of carbonyl (C=O) groups is 1. The van der Waals surface area contributed by atoms with Crippen molar-refractivity contribution < 1.29 is 4.79 Å². The van der Waals surface area contributed by atoms with Gasteiger partial charge in [-0.15, -0.1) is 0 Å².